The average molecular weight is 499 g/mol. The second-order valence-electron chi connectivity index (χ2n) is 9.14. The van der Waals surface area contributed by atoms with Gasteiger partial charge in [0, 0.05) is 37.3 Å². The van der Waals surface area contributed by atoms with Crippen molar-refractivity contribution < 1.29 is 22.7 Å². The van der Waals surface area contributed by atoms with E-state index in [4.69, 9.17) is 4.74 Å². The molecule has 0 aliphatic carbocycles. The van der Waals surface area contributed by atoms with Crippen LogP contribution in [-0.4, -0.2) is 45.5 Å². The number of piperidine rings is 1. The van der Waals surface area contributed by atoms with Gasteiger partial charge in [-0.25, -0.2) is 23.1 Å². The van der Waals surface area contributed by atoms with Crippen molar-refractivity contribution in [3.63, 3.8) is 0 Å². The van der Waals surface area contributed by atoms with Gasteiger partial charge in [0.25, 0.3) is 11.8 Å². The van der Waals surface area contributed by atoms with Gasteiger partial charge in [-0.3, -0.25) is 4.79 Å². The highest BCUT2D eigenvalue weighted by Crippen LogP contribution is 2.34. The second kappa shape index (κ2) is 8.85. The Balaban J connectivity index is 1.27. The van der Waals surface area contributed by atoms with Crippen LogP contribution in [0.2, 0.25) is 0 Å². The summed E-state index contributed by atoms with van der Waals surface area (Å²) in [5, 5.41) is 8.46. The molecule has 4 heterocycles. The summed E-state index contributed by atoms with van der Waals surface area (Å²) in [5.74, 6) is -2.75. The average Bonchev–Trinajstić information content (AvgIpc) is 2.83. The van der Waals surface area contributed by atoms with Crippen molar-refractivity contribution in [1.29, 1.82) is 0 Å². The molecular weight excluding hydrogens is 475 g/mol. The first-order chi connectivity index (χ1) is 17.1. The number of pyridine rings is 1. The maximum Gasteiger partial charge on any atom is 0.269 e. The largest absolute Gasteiger partial charge is 0.474 e. The molecule has 1 fully saturated rings. The molecule has 2 aromatic heterocycles. The molecule has 5 rings (SSSR count). The zero-order valence-corrected chi connectivity index (χ0v) is 19.6. The lowest BCUT2D eigenvalue weighted by Crippen LogP contribution is -2.46. The van der Waals surface area contributed by atoms with Gasteiger partial charge < -0.3 is 25.6 Å². The lowest BCUT2D eigenvalue weighted by molar-refractivity contribution is -0.129. The van der Waals surface area contributed by atoms with Crippen molar-refractivity contribution in [2.75, 3.05) is 33.9 Å². The van der Waals surface area contributed by atoms with Gasteiger partial charge in [-0.2, -0.15) is 4.98 Å². The van der Waals surface area contributed by atoms with Gasteiger partial charge in [0.2, 0.25) is 5.95 Å². The summed E-state index contributed by atoms with van der Waals surface area (Å²) in [6.45, 7) is 3.87. The van der Waals surface area contributed by atoms with E-state index in [0.29, 0.717) is 24.5 Å². The Morgan fingerprint density at radius 1 is 1.03 bits per heavy atom. The third-order valence-electron chi connectivity index (χ3n) is 5.98. The van der Waals surface area contributed by atoms with Gasteiger partial charge in [-0.05, 0) is 50.2 Å². The van der Waals surface area contributed by atoms with Gasteiger partial charge >= 0.3 is 0 Å². The van der Waals surface area contributed by atoms with Crippen molar-refractivity contribution in [3.05, 3.63) is 48.4 Å². The molecule has 3 aromatic rings. The van der Waals surface area contributed by atoms with E-state index in [1.807, 2.05) is 17.0 Å². The minimum atomic E-state index is -2.60. The quantitative estimate of drug-likeness (QED) is 0.458. The van der Waals surface area contributed by atoms with Crippen molar-refractivity contribution in [1.82, 2.24) is 15.0 Å². The van der Waals surface area contributed by atoms with Gasteiger partial charge in [0.15, 0.2) is 28.8 Å². The predicted molar refractivity (Wildman–Crippen MR) is 129 cm³/mol. The number of anilines is 6. The first kappa shape index (κ1) is 23.6. The van der Waals surface area contributed by atoms with Crippen molar-refractivity contribution >= 4 is 40.7 Å². The molecule has 12 heteroatoms. The highest BCUT2D eigenvalue weighted by molar-refractivity contribution is 5.99. The Kier molecular flexibility index (Phi) is 5.81. The SMILES string of the molecule is CC1(C)Oc2ccc(Nc3nc(Nc4ccc(N5CCC(F)(F)CC5)cc4)ncc3F)nc2NC1=O. The predicted octanol–water partition coefficient (Wildman–Crippen LogP) is 4.84. The van der Waals surface area contributed by atoms with Crippen molar-refractivity contribution in [2.45, 2.75) is 38.2 Å². The summed E-state index contributed by atoms with van der Waals surface area (Å²) in [6, 6.07) is 10.4. The van der Waals surface area contributed by atoms with Crippen LogP contribution in [0.5, 0.6) is 5.75 Å². The standard InChI is InChI=1S/C24H24F3N7O2/c1-23(2)21(35)32-20-17(36-23)7-8-18(31-20)30-19-16(25)13-28-22(33-19)29-14-3-5-15(6-4-14)34-11-9-24(26,27)10-12-34/h3-8,13H,9-12H2,1-2H3,(H3,28,29,30,31,32,33,35). The number of amides is 1. The van der Waals surface area contributed by atoms with E-state index in [2.05, 4.69) is 30.9 Å². The Labute approximate surface area is 205 Å². The Morgan fingerprint density at radius 3 is 2.47 bits per heavy atom. The van der Waals surface area contributed by atoms with Crippen molar-refractivity contribution in [2.24, 2.45) is 0 Å². The number of alkyl halides is 2. The molecule has 2 aliphatic rings. The third kappa shape index (κ3) is 4.97. The fraction of sp³-hybridized carbons (Fsp3) is 0.333. The smallest absolute Gasteiger partial charge is 0.269 e. The first-order valence-corrected chi connectivity index (χ1v) is 11.4. The van der Waals surface area contributed by atoms with E-state index in [-0.39, 0.29) is 42.2 Å². The number of nitrogens with one attached hydrogen (secondary N) is 3. The molecule has 0 spiro atoms. The van der Waals surface area contributed by atoms with Crippen LogP contribution in [0.25, 0.3) is 0 Å². The van der Waals surface area contributed by atoms with Gasteiger partial charge in [-0.15, -0.1) is 0 Å². The highest BCUT2D eigenvalue weighted by Gasteiger charge is 2.36. The Morgan fingerprint density at radius 2 is 1.75 bits per heavy atom. The molecule has 0 saturated carbocycles. The maximum atomic E-state index is 14.4. The van der Waals surface area contributed by atoms with Crippen LogP contribution in [0.15, 0.2) is 42.6 Å². The lowest BCUT2D eigenvalue weighted by atomic mass is 10.1. The summed E-state index contributed by atoms with van der Waals surface area (Å²) < 4.78 is 46.9. The second-order valence-corrected chi connectivity index (χ2v) is 9.14. The molecule has 1 saturated heterocycles. The molecule has 36 heavy (non-hydrogen) atoms. The summed E-state index contributed by atoms with van der Waals surface area (Å²) in [5.41, 5.74) is 0.466. The van der Waals surface area contributed by atoms with E-state index in [9.17, 15) is 18.0 Å². The molecule has 0 radical (unpaired) electrons. The van der Waals surface area contributed by atoms with E-state index in [1.165, 1.54) is 0 Å². The van der Waals surface area contributed by atoms with Crippen LogP contribution < -0.4 is 25.6 Å². The minimum Gasteiger partial charge on any atom is -0.474 e. The first-order valence-electron chi connectivity index (χ1n) is 11.4. The van der Waals surface area contributed by atoms with Gasteiger partial charge in [-0.1, -0.05) is 0 Å². The maximum absolute atomic E-state index is 14.4. The fourth-order valence-electron chi connectivity index (χ4n) is 3.88. The number of fused-ring (bicyclic) bond motifs is 1. The van der Waals surface area contributed by atoms with Gasteiger partial charge in [0.05, 0.1) is 6.20 Å². The monoisotopic (exact) mass is 499 g/mol. The Hall–Kier alpha value is -4.09. The number of halogens is 3. The van der Waals surface area contributed by atoms with Crippen LogP contribution in [0, 0.1) is 5.82 Å². The molecule has 1 amide bonds. The van der Waals surface area contributed by atoms with Crippen molar-refractivity contribution in [3.8, 4) is 5.75 Å². The number of hydrogen-bond acceptors (Lipinski definition) is 8. The molecular formula is C24H24F3N7O2. The number of rotatable bonds is 5. The summed E-state index contributed by atoms with van der Waals surface area (Å²) in [7, 11) is 0. The van der Waals surface area contributed by atoms with Gasteiger partial charge in [0.1, 0.15) is 5.82 Å². The van der Waals surface area contributed by atoms with Crippen LogP contribution >= 0.6 is 0 Å². The fourth-order valence-corrected chi connectivity index (χ4v) is 3.88. The highest BCUT2D eigenvalue weighted by atomic mass is 19.3. The number of aromatic nitrogens is 3. The molecule has 0 bridgehead atoms. The number of carbonyl (C=O) groups excluding carboxylic acids is 1. The molecule has 188 valence electrons. The molecule has 0 unspecified atom stereocenters. The van der Waals surface area contributed by atoms with Crippen LogP contribution in [0.4, 0.5) is 47.9 Å². The van der Waals surface area contributed by atoms with Crippen LogP contribution in [-0.2, 0) is 4.79 Å². The zero-order chi connectivity index (χ0) is 25.5. The molecule has 1 aromatic carbocycles. The number of nitrogens with zero attached hydrogens (tertiary/aromatic N) is 4. The number of hydrogen-bond donors (Lipinski definition) is 3. The van der Waals surface area contributed by atoms with Crippen LogP contribution in [0.1, 0.15) is 26.7 Å². The van der Waals surface area contributed by atoms with E-state index < -0.39 is 17.3 Å². The minimum absolute atomic E-state index is 0.116. The number of carbonyl (C=O) groups is 1. The number of ether oxygens (including phenoxy) is 1. The van der Waals surface area contributed by atoms with E-state index >= 15 is 0 Å². The summed E-state index contributed by atoms with van der Waals surface area (Å²) in [6.07, 6.45) is 0.692. The third-order valence-corrected chi connectivity index (χ3v) is 5.98. The lowest BCUT2D eigenvalue weighted by Gasteiger charge is -2.33. The molecule has 0 atom stereocenters. The molecule has 9 nitrogen and oxygen atoms in total. The summed E-state index contributed by atoms with van der Waals surface area (Å²) in [4.78, 5) is 26.5. The number of benzene rings is 1. The van der Waals surface area contributed by atoms with Crippen LogP contribution in [0.3, 0.4) is 0 Å². The van der Waals surface area contributed by atoms with E-state index in [1.54, 1.807) is 38.1 Å². The Bertz CT molecular complexity index is 1290. The zero-order valence-electron chi connectivity index (χ0n) is 19.6. The van der Waals surface area contributed by atoms with E-state index in [0.717, 1.165) is 11.9 Å². The topological polar surface area (TPSA) is 104 Å². The normalized spacial score (nSPS) is 18.0. The molecule has 3 N–H and O–H groups in total. The molecule has 2 aliphatic heterocycles. The summed E-state index contributed by atoms with van der Waals surface area (Å²) >= 11 is 0.